The smallest absolute Gasteiger partial charge is 0.302 e. The van der Waals surface area contributed by atoms with E-state index in [9.17, 15) is 18.0 Å². The van der Waals surface area contributed by atoms with Gasteiger partial charge in [-0.3, -0.25) is 19.6 Å². The highest BCUT2D eigenvalue weighted by atomic mass is 32.2. The van der Waals surface area contributed by atoms with Gasteiger partial charge in [-0.2, -0.15) is 16.3 Å². The van der Waals surface area contributed by atoms with Gasteiger partial charge in [0.15, 0.2) is 5.69 Å². The second kappa shape index (κ2) is 9.41. The Morgan fingerprint density at radius 1 is 0.971 bits per heavy atom. The van der Waals surface area contributed by atoms with Crippen LogP contribution in [0.3, 0.4) is 0 Å². The van der Waals surface area contributed by atoms with Gasteiger partial charge in [-0.05, 0) is 49.6 Å². The molecule has 0 saturated carbocycles. The molecule has 0 spiro atoms. The van der Waals surface area contributed by atoms with Crippen molar-refractivity contribution in [2.45, 2.75) is 18.7 Å². The van der Waals surface area contributed by atoms with Gasteiger partial charge in [-0.1, -0.05) is 0 Å². The van der Waals surface area contributed by atoms with E-state index in [-0.39, 0.29) is 22.4 Å². The molecule has 0 atom stereocenters. The van der Waals surface area contributed by atoms with Crippen molar-refractivity contribution in [3.63, 3.8) is 0 Å². The number of amides is 2. The molecule has 2 amide bonds. The summed E-state index contributed by atoms with van der Waals surface area (Å²) >= 11 is 1.37. The summed E-state index contributed by atoms with van der Waals surface area (Å²) in [6.07, 6.45) is 1.10. The van der Waals surface area contributed by atoms with Crippen molar-refractivity contribution in [3.05, 3.63) is 76.2 Å². The summed E-state index contributed by atoms with van der Waals surface area (Å²) in [5.74, 6) is -0.402. The van der Waals surface area contributed by atoms with E-state index in [1.165, 1.54) is 41.7 Å². The van der Waals surface area contributed by atoms with E-state index in [2.05, 4.69) is 30.3 Å². The zero-order valence-corrected chi connectivity index (χ0v) is 19.5. The molecule has 13 heteroatoms. The number of carbonyl (C=O) groups is 2. The molecule has 0 aliphatic carbocycles. The molecule has 1 aromatic carbocycles. The number of hydrogen-bond donors (Lipinski definition) is 3. The maximum atomic E-state index is 12.6. The van der Waals surface area contributed by atoms with Gasteiger partial charge in [0.05, 0.1) is 10.5 Å². The third kappa shape index (κ3) is 5.44. The number of aromatic nitrogens is 3. The van der Waals surface area contributed by atoms with E-state index in [1.807, 2.05) is 0 Å². The predicted octanol–water partition coefficient (Wildman–Crippen LogP) is 3.45. The number of rotatable bonds is 7. The molecule has 0 radical (unpaired) electrons. The van der Waals surface area contributed by atoms with Crippen LogP contribution >= 0.6 is 11.3 Å². The molecule has 11 nitrogen and oxygen atoms in total. The number of sulfonamides is 1. The number of anilines is 3. The molecular formula is C21H18N6O5S2. The second-order valence-electron chi connectivity index (χ2n) is 7.03. The third-order valence-corrected chi connectivity index (χ3v) is 6.42. The van der Waals surface area contributed by atoms with E-state index in [0.717, 1.165) is 6.26 Å². The lowest BCUT2D eigenvalue weighted by Crippen LogP contribution is -2.16. The number of aryl methyl sites for hydroxylation is 2. The van der Waals surface area contributed by atoms with Gasteiger partial charge in [0.25, 0.3) is 21.8 Å². The van der Waals surface area contributed by atoms with E-state index in [4.69, 9.17) is 4.42 Å². The topological polar surface area (TPSA) is 156 Å². The summed E-state index contributed by atoms with van der Waals surface area (Å²) in [6, 6.07) is 8.59. The van der Waals surface area contributed by atoms with Crippen LogP contribution in [0.15, 0.2) is 62.7 Å². The predicted molar refractivity (Wildman–Crippen MR) is 125 cm³/mol. The van der Waals surface area contributed by atoms with Crippen molar-refractivity contribution in [3.8, 4) is 0 Å². The Balaban J connectivity index is 1.40. The molecule has 0 fully saturated rings. The van der Waals surface area contributed by atoms with Gasteiger partial charge in [-0.25, -0.2) is 18.4 Å². The first-order chi connectivity index (χ1) is 16.2. The summed E-state index contributed by atoms with van der Waals surface area (Å²) < 4.78 is 32.8. The first-order valence-corrected chi connectivity index (χ1v) is 12.2. The maximum Gasteiger partial charge on any atom is 0.302 e. The van der Waals surface area contributed by atoms with Crippen molar-refractivity contribution < 1.29 is 22.4 Å². The van der Waals surface area contributed by atoms with Crippen molar-refractivity contribution >= 4 is 50.7 Å². The van der Waals surface area contributed by atoms with Crippen LogP contribution in [0.25, 0.3) is 0 Å². The Hall–Kier alpha value is -4.10. The molecule has 0 bridgehead atoms. The van der Waals surface area contributed by atoms with Crippen molar-refractivity contribution in [1.29, 1.82) is 0 Å². The highest BCUT2D eigenvalue weighted by molar-refractivity contribution is 7.92. The quantitative estimate of drug-likeness (QED) is 0.350. The summed E-state index contributed by atoms with van der Waals surface area (Å²) in [5, 5.41) is 8.47. The Morgan fingerprint density at radius 2 is 1.74 bits per heavy atom. The van der Waals surface area contributed by atoms with Crippen molar-refractivity contribution in [2.24, 2.45) is 0 Å². The standard InChI is InChI=1S/C21H18N6O5S2/c1-12-9-18(23-13(2)22-12)27-34(30,31)16-5-3-15(4-6-16)24-20(29)17-10-32-21(25-17)26-19(28)14-7-8-33-11-14/h3-11H,1-2H3,(H,24,29)(H,22,23,27)(H,25,26,28). The van der Waals surface area contributed by atoms with E-state index in [1.54, 1.807) is 30.7 Å². The first kappa shape index (κ1) is 23.1. The molecule has 0 aliphatic rings. The molecule has 174 valence electrons. The molecular weight excluding hydrogens is 480 g/mol. The number of nitrogens with zero attached hydrogens (tertiary/aromatic N) is 3. The van der Waals surface area contributed by atoms with Crippen LogP contribution in [0.4, 0.5) is 17.5 Å². The monoisotopic (exact) mass is 498 g/mol. The summed E-state index contributed by atoms with van der Waals surface area (Å²) in [5.41, 5.74) is 1.35. The van der Waals surface area contributed by atoms with Crippen LogP contribution in [-0.2, 0) is 10.0 Å². The minimum Gasteiger partial charge on any atom is -0.431 e. The average molecular weight is 499 g/mol. The molecule has 4 rings (SSSR count). The number of benzene rings is 1. The van der Waals surface area contributed by atoms with Crippen LogP contribution in [0.1, 0.15) is 32.4 Å². The van der Waals surface area contributed by atoms with Crippen molar-refractivity contribution in [1.82, 2.24) is 15.0 Å². The Labute approximate surface area is 198 Å². The Kier molecular flexibility index (Phi) is 6.38. The lowest BCUT2D eigenvalue weighted by atomic mass is 10.3. The molecule has 4 aromatic rings. The average Bonchev–Trinajstić information content (AvgIpc) is 3.45. The fraction of sp³-hybridized carbons (Fsp3) is 0.0952. The van der Waals surface area contributed by atoms with Crippen molar-refractivity contribution in [2.75, 3.05) is 15.4 Å². The zero-order valence-electron chi connectivity index (χ0n) is 17.9. The maximum absolute atomic E-state index is 12.6. The molecule has 0 aliphatic heterocycles. The highest BCUT2D eigenvalue weighted by Crippen LogP contribution is 2.19. The number of oxazole rings is 1. The van der Waals surface area contributed by atoms with E-state index >= 15 is 0 Å². The van der Waals surface area contributed by atoms with E-state index in [0.29, 0.717) is 22.8 Å². The SMILES string of the molecule is Cc1cc(NS(=O)(=O)c2ccc(NC(=O)c3coc(NC(=O)c4ccsc4)n3)cc2)nc(C)n1. The normalized spacial score (nSPS) is 11.1. The second-order valence-corrected chi connectivity index (χ2v) is 9.49. The van der Waals surface area contributed by atoms with Crippen LogP contribution in [0, 0.1) is 13.8 Å². The summed E-state index contributed by atoms with van der Waals surface area (Å²) in [6.45, 7) is 3.40. The van der Waals surface area contributed by atoms with Gasteiger partial charge in [0.2, 0.25) is 0 Å². The number of thiophene rings is 1. The fourth-order valence-corrected chi connectivity index (χ4v) is 4.50. The third-order valence-electron chi connectivity index (χ3n) is 4.37. The first-order valence-electron chi connectivity index (χ1n) is 9.75. The minimum absolute atomic E-state index is 0.0146. The number of carbonyl (C=O) groups excluding carboxylic acids is 2. The largest absolute Gasteiger partial charge is 0.431 e. The van der Waals surface area contributed by atoms with Crippen LogP contribution in [0.2, 0.25) is 0 Å². The van der Waals surface area contributed by atoms with Crippen LogP contribution < -0.4 is 15.4 Å². The molecule has 3 aromatic heterocycles. The molecule has 0 saturated heterocycles. The Morgan fingerprint density at radius 3 is 2.41 bits per heavy atom. The van der Waals surface area contributed by atoms with Gasteiger partial charge < -0.3 is 9.73 Å². The number of nitrogens with one attached hydrogen (secondary N) is 3. The Bertz CT molecular complexity index is 1430. The summed E-state index contributed by atoms with van der Waals surface area (Å²) in [7, 11) is -3.89. The fourth-order valence-electron chi connectivity index (χ4n) is 2.88. The zero-order chi connectivity index (χ0) is 24.3. The molecule has 34 heavy (non-hydrogen) atoms. The van der Waals surface area contributed by atoms with Crippen LogP contribution in [0.5, 0.6) is 0 Å². The minimum atomic E-state index is -3.89. The van der Waals surface area contributed by atoms with Gasteiger partial charge in [0.1, 0.15) is 17.9 Å². The molecule has 3 N–H and O–H groups in total. The molecule has 0 unspecified atom stereocenters. The molecule has 3 heterocycles. The number of hydrogen-bond acceptors (Lipinski definition) is 9. The van der Waals surface area contributed by atoms with Gasteiger partial charge in [-0.15, -0.1) is 0 Å². The van der Waals surface area contributed by atoms with Crippen LogP contribution in [-0.4, -0.2) is 35.2 Å². The lowest BCUT2D eigenvalue weighted by Gasteiger charge is -2.09. The van der Waals surface area contributed by atoms with Gasteiger partial charge in [0, 0.05) is 22.8 Å². The van der Waals surface area contributed by atoms with E-state index < -0.39 is 21.8 Å². The van der Waals surface area contributed by atoms with Gasteiger partial charge >= 0.3 is 6.01 Å². The lowest BCUT2D eigenvalue weighted by molar-refractivity contribution is 0.101. The highest BCUT2D eigenvalue weighted by Gasteiger charge is 2.18. The summed E-state index contributed by atoms with van der Waals surface area (Å²) in [4.78, 5) is 36.6.